The minimum absolute atomic E-state index is 0.0868. The minimum atomic E-state index is -4.26. The number of rotatable bonds is 33. The normalized spacial score (nSPS) is 14.4. The maximum atomic E-state index is 12.6. The van der Waals surface area contributed by atoms with Crippen molar-refractivity contribution in [3.63, 3.8) is 0 Å². The minimum Gasteiger partial charge on any atom is -0.457 e. The van der Waals surface area contributed by atoms with E-state index in [1.165, 1.54) is 64.2 Å². The van der Waals surface area contributed by atoms with Crippen molar-refractivity contribution in [2.45, 2.75) is 148 Å². The van der Waals surface area contributed by atoms with E-state index in [0.29, 0.717) is 24.1 Å². The van der Waals surface area contributed by atoms with Crippen LogP contribution < -0.4 is 0 Å². The molecule has 2 atom stereocenters. The molecule has 0 saturated heterocycles. The lowest BCUT2D eigenvalue weighted by Crippen LogP contribution is -2.37. The lowest BCUT2D eigenvalue weighted by molar-refractivity contribution is -0.870. The van der Waals surface area contributed by atoms with Crippen LogP contribution in [0.3, 0.4) is 0 Å². The van der Waals surface area contributed by atoms with Crippen LogP contribution >= 0.6 is 7.82 Å². The first-order valence-corrected chi connectivity index (χ1v) is 19.6. The van der Waals surface area contributed by atoms with Crippen LogP contribution in [-0.4, -0.2) is 75.6 Å². The Balaban J connectivity index is 4.32. The number of unbranched alkanes of at least 4 members (excludes halogenated alkanes) is 15. The molecule has 9 heteroatoms. The van der Waals surface area contributed by atoms with E-state index in [1.807, 2.05) is 21.1 Å². The highest BCUT2D eigenvalue weighted by atomic mass is 31.2. The summed E-state index contributed by atoms with van der Waals surface area (Å²) in [6.07, 6.45) is 30.6. The molecule has 0 bridgehead atoms. The first-order valence-electron chi connectivity index (χ1n) is 18.1. The molecule has 0 amide bonds. The Kier molecular flexibility index (Phi) is 29.6. The third-order valence-electron chi connectivity index (χ3n) is 7.52. The van der Waals surface area contributed by atoms with Crippen LogP contribution in [0.4, 0.5) is 0 Å². The number of ether oxygens (including phenoxy) is 2. The standard InChI is InChI=1S/C36H70NO7P/c1-6-8-10-12-14-16-17-18-19-20-21-22-23-25-27-29-36(38)44-35(33-41-31-28-26-24-15-13-11-9-7-2)34-43-45(39,40)42-32-30-37(3,4)5/h14,16,18-19,35H,6-13,15,17,20-34H2,1-5H3/p+1/b16-14-,19-18-. The molecule has 0 radical (unpaired) electrons. The summed E-state index contributed by atoms with van der Waals surface area (Å²) >= 11 is 0. The Labute approximate surface area is 277 Å². The highest BCUT2D eigenvalue weighted by Gasteiger charge is 2.26. The van der Waals surface area contributed by atoms with Crippen LogP contribution in [0.25, 0.3) is 0 Å². The Morgan fingerprint density at radius 2 is 1.22 bits per heavy atom. The molecule has 0 heterocycles. The molecule has 0 fully saturated rings. The summed E-state index contributed by atoms with van der Waals surface area (Å²) < 4.78 is 34.7. The van der Waals surface area contributed by atoms with Gasteiger partial charge in [0.05, 0.1) is 34.4 Å². The van der Waals surface area contributed by atoms with E-state index in [0.717, 1.165) is 57.8 Å². The molecule has 0 aliphatic rings. The van der Waals surface area contributed by atoms with Gasteiger partial charge in [0.1, 0.15) is 19.3 Å². The summed E-state index contributed by atoms with van der Waals surface area (Å²) in [5, 5.41) is 0. The fourth-order valence-corrected chi connectivity index (χ4v) is 5.38. The summed E-state index contributed by atoms with van der Waals surface area (Å²) in [5.41, 5.74) is 0. The number of phosphoric acid groups is 1. The van der Waals surface area contributed by atoms with Gasteiger partial charge in [-0.05, 0) is 44.9 Å². The van der Waals surface area contributed by atoms with E-state index in [-0.39, 0.29) is 25.8 Å². The molecule has 0 spiro atoms. The van der Waals surface area contributed by atoms with Gasteiger partial charge in [-0.2, -0.15) is 0 Å². The van der Waals surface area contributed by atoms with Gasteiger partial charge in [0.2, 0.25) is 0 Å². The molecular formula is C36H71NO7P+. The van der Waals surface area contributed by atoms with Crippen LogP contribution in [0.1, 0.15) is 142 Å². The largest absolute Gasteiger partial charge is 0.472 e. The van der Waals surface area contributed by atoms with Crippen LogP contribution in [0.15, 0.2) is 24.3 Å². The Morgan fingerprint density at radius 3 is 1.84 bits per heavy atom. The van der Waals surface area contributed by atoms with Crippen molar-refractivity contribution in [3.8, 4) is 0 Å². The average Bonchev–Trinajstić information content (AvgIpc) is 2.98. The van der Waals surface area contributed by atoms with Crippen LogP contribution in [-0.2, 0) is 27.9 Å². The number of carbonyl (C=O) groups excluding carboxylic acids is 1. The topological polar surface area (TPSA) is 91.3 Å². The molecular weight excluding hydrogens is 589 g/mol. The molecule has 0 aromatic rings. The van der Waals surface area contributed by atoms with Crippen molar-refractivity contribution >= 4 is 13.8 Å². The predicted octanol–water partition coefficient (Wildman–Crippen LogP) is 9.71. The number of phosphoric ester groups is 1. The first-order chi connectivity index (χ1) is 21.6. The van der Waals surface area contributed by atoms with Gasteiger partial charge in [0.25, 0.3) is 0 Å². The molecule has 0 aliphatic carbocycles. The van der Waals surface area contributed by atoms with E-state index in [4.69, 9.17) is 18.5 Å². The van der Waals surface area contributed by atoms with E-state index in [2.05, 4.69) is 38.2 Å². The van der Waals surface area contributed by atoms with Crippen molar-refractivity contribution in [2.24, 2.45) is 0 Å². The Bertz CT molecular complexity index is 782. The molecule has 0 aromatic heterocycles. The zero-order valence-electron chi connectivity index (χ0n) is 29.9. The molecule has 1 N–H and O–H groups in total. The first kappa shape index (κ1) is 44.0. The molecule has 8 nitrogen and oxygen atoms in total. The van der Waals surface area contributed by atoms with E-state index in [9.17, 15) is 14.3 Å². The van der Waals surface area contributed by atoms with Gasteiger partial charge in [0.15, 0.2) is 0 Å². The SMILES string of the molecule is CCCCC/C=C\C/C=C\CCCCCCCC(=O)OC(COCCCCCCCCCC)COP(=O)(O)OCC[N+](C)(C)C. The number of hydrogen-bond acceptors (Lipinski definition) is 6. The number of allylic oxidation sites excluding steroid dienone is 4. The molecule has 45 heavy (non-hydrogen) atoms. The van der Waals surface area contributed by atoms with Gasteiger partial charge in [-0.3, -0.25) is 13.8 Å². The highest BCUT2D eigenvalue weighted by Crippen LogP contribution is 2.43. The van der Waals surface area contributed by atoms with Crippen molar-refractivity contribution < 1.29 is 37.3 Å². The lowest BCUT2D eigenvalue weighted by Gasteiger charge is -2.24. The van der Waals surface area contributed by atoms with E-state index >= 15 is 0 Å². The summed E-state index contributed by atoms with van der Waals surface area (Å²) in [5.74, 6) is -0.330. The number of carbonyl (C=O) groups is 1. The molecule has 0 rings (SSSR count). The molecule has 0 aliphatic heterocycles. The molecule has 266 valence electrons. The fraction of sp³-hybridized carbons (Fsp3) is 0.861. The summed E-state index contributed by atoms with van der Waals surface area (Å²) in [6.45, 7) is 5.54. The highest BCUT2D eigenvalue weighted by molar-refractivity contribution is 7.47. The van der Waals surface area contributed by atoms with Gasteiger partial charge in [-0.25, -0.2) is 4.57 Å². The van der Waals surface area contributed by atoms with Crippen LogP contribution in [0.2, 0.25) is 0 Å². The van der Waals surface area contributed by atoms with Gasteiger partial charge in [0, 0.05) is 13.0 Å². The van der Waals surface area contributed by atoms with Gasteiger partial charge >= 0.3 is 13.8 Å². The van der Waals surface area contributed by atoms with Gasteiger partial charge < -0.3 is 18.9 Å². The fourth-order valence-electron chi connectivity index (χ4n) is 4.64. The maximum Gasteiger partial charge on any atom is 0.472 e. The second kappa shape index (κ2) is 30.3. The second-order valence-electron chi connectivity index (χ2n) is 13.3. The van der Waals surface area contributed by atoms with Crippen molar-refractivity contribution in [1.82, 2.24) is 0 Å². The molecule has 2 unspecified atom stereocenters. The van der Waals surface area contributed by atoms with Gasteiger partial charge in [-0.15, -0.1) is 0 Å². The molecule has 0 aromatic carbocycles. The Hall–Kier alpha value is -1.02. The summed E-state index contributed by atoms with van der Waals surface area (Å²) in [4.78, 5) is 22.7. The number of likely N-dealkylation sites (N-methyl/N-ethyl adjacent to an activating group) is 1. The van der Waals surface area contributed by atoms with E-state index in [1.54, 1.807) is 0 Å². The monoisotopic (exact) mass is 660 g/mol. The van der Waals surface area contributed by atoms with Crippen molar-refractivity contribution in [1.29, 1.82) is 0 Å². The lowest BCUT2D eigenvalue weighted by atomic mass is 10.1. The number of quaternary nitrogens is 1. The van der Waals surface area contributed by atoms with Crippen molar-refractivity contribution in [2.75, 3.05) is 54.1 Å². The third kappa shape index (κ3) is 34.1. The second-order valence-corrected chi connectivity index (χ2v) is 14.7. The number of hydrogen-bond donors (Lipinski definition) is 1. The average molecular weight is 661 g/mol. The van der Waals surface area contributed by atoms with E-state index < -0.39 is 13.9 Å². The van der Waals surface area contributed by atoms with Crippen LogP contribution in [0, 0.1) is 0 Å². The zero-order valence-corrected chi connectivity index (χ0v) is 30.7. The maximum absolute atomic E-state index is 12.6. The number of nitrogens with zero attached hydrogens (tertiary/aromatic N) is 1. The third-order valence-corrected chi connectivity index (χ3v) is 8.50. The summed E-state index contributed by atoms with van der Waals surface area (Å²) in [6, 6.07) is 0. The molecule has 0 saturated carbocycles. The number of esters is 1. The van der Waals surface area contributed by atoms with Gasteiger partial charge in [-0.1, -0.05) is 115 Å². The zero-order chi connectivity index (χ0) is 33.5. The van der Waals surface area contributed by atoms with Crippen molar-refractivity contribution in [3.05, 3.63) is 24.3 Å². The van der Waals surface area contributed by atoms with Crippen LogP contribution in [0.5, 0.6) is 0 Å². The predicted molar refractivity (Wildman–Crippen MR) is 187 cm³/mol. The summed E-state index contributed by atoms with van der Waals surface area (Å²) in [7, 11) is 1.66. The smallest absolute Gasteiger partial charge is 0.457 e. The quantitative estimate of drug-likeness (QED) is 0.0246. The Morgan fingerprint density at radius 1 is 0.689 bits per heavy atom.